The molecule has 7 nitrogen and oxygen atoms in total. The van der Waals surface area contributed by atoms with Gasteiger partial charge in [0.25, 0.3) is 0 Å². The SMILES string of the molecule is O=C(O)c1cn(CC(=O)N2CCCC2CC2CCCCC2)nn1. The van der Waals surface area contributed by atoms with Gasteiger partial charge in [-0.25, -0.2) is 9.48 Å². The molecule has 1 amide bonds. The molecule has 3 rings (SSSR count). The van der Waals surface area contributed by atoms with Gasteiger partial charge < -0.3 is 10.0 Å². The molecule has 23 heavy (non-hydrogen) atoms. The Kier molecular flexibility index (Phi) is 4.93. The molecule has 2 fully saturated rings. The van der Waals surface area contributed by atoms with Crippen molar-refractivity contribution in [1.29, 1.82) is 0 Å². The summed E-state index contributed by atoms with van der Waals surface area (Å²) >= 11 is 0. The van der Waals surface area contributed by atoms with Crippen molar-refractivity contribution in [3.8, 4) is 0 Å². The Hall–Kier alpha value is -1.92. The minimum absolute atomic E-state index is 0.0187. The second-order valence-electron chi connectivity index (χ2n) is 6.73. The Balaban J connectivity index is 1.57. The zero-order valence-corrected chi connectivity index (χ0v) is 13.4. The van der Waals surface area contributed by atoms with E-state index in [1.807, 2.05) is 4.90 Å². The van der Waals surface area contributed by atoms with Crippen LogP contribution in [0.4, 0.5) is 0 Å². The number of likely N-dealkylation sites (tertiary alicyclic amines) is 1. The van der Waals surface area contributed by atoms with Crippen LogP contribution in [-0.4, -0.2) is 49.5 Å². The van der Waals surface area contributed by atoms with E-state index in [1.165, 1.54) is 43.0 Å². The number of aromatic nitrogens is 3. The lowest BCUT2D eigenvalue weighted by Crippen LogP contribution is -2.39. The van der Waals surface area contributed by atoms with Crippen molar-refractivity contribution in [3.05, 3.63) is 11.9 Å². The normalized spacial score (nSPS) is 22.4. The fourth-order valence-corrected chi connectivity index (χ4v) is 3.92. The molecule has 1 saturated heterocycles. The van der Waals surface area contributed by atoms with Gasteiger partial charge in [0.2, 0.25) is 5.91 Å². The smallest absolute Gasteiger partial charge is 0.358 e. The number of carboxylic acids is 1. The molecule has 1 atom stereocenters. The number of rotatable bonds is 5. The van der Waals surface area contributed by atoms with Crippen LogP contribution in [0, 0.1) is 5.92 Å². The Bertz CT molecular complexity index is 565. The van der Waals surface area contributed by atoms with Crippen LogP contribution in [0.1, 0.15) is 61.9 Å². The summed E-state index contributed by atoms with van der Waals surface area (Å²) in [5, 5.41) is 16.1. The standard InChI is InChI=1S/C16H24N4O3/c21-15(11-19-10-14(16(22)23)17-18-19)20-8-4-7-13(20)9-12-5-2-1-3-6-12/h10,12-13H,1-9,11H2,(H,22,23). The first-order chi connectivity index (χ1) is 11.1. The van der Waals surface area contributed by atoms with Crippen LogP contribution in [0.3, 0.4) is 0 Å². The quantitative estimate of drug-likeness (QED) is 0.895. The van der Waals surface area contributed by atoms with E-state index in [4.69, 9.17) is 5.11 Å². The van der Waals surface area contributed by atoms with Gasteiger partial charge in [-0.1, -0.05) is 37.3 Å². The van der Waals surface area contributed by atoms with Gasteiger partial charge in [0.15, 0.2) is 5.69 Å². The molecule has 0 spiro atoms. The predicted molar refractivity (Wildman–Crippen MR) is 82.9 cm³/mol. The summed E-state index contributed by atoms with van der Waals surface area (Å²) in [4.78, 5) is 25.3. The van der Waals surface area contributed by atoms with E-state index in [2.05, 4.69) is 10.3 Å². The molecule has 126 valence electrons. The number of carbonyl (C=O) groups excluding carboxylic acids is 1. The maximum Gasteiger partial charge on any atom is 0.358 e. The van der Waals surface area contributed by atoms with Gasteiger partial charge in [-0.05, 0) is 25.2 Å². The lowest BCUT2D eigenvalue weighted by atomic mass is 9.84. The van der Waals surface area contributed by atoms with Crippen LogP contribution < -0.4 is 0 Å². The molecule has 1 aliphatic carbocycles. The van der Waals surface area contributed by atoms with Crippen LogP contribution in [0.25, 0.3) is 0 Å². The van der Waals surface area contributed by atoms with E-state index in [9.17, 15) is 9.59 Å². The third kappa shape index (κ3) is 3.89. The van der Waals surface area contributed by atoms with E-state index < -0.39 is 5.97 Å². The van der Waals surface area contributed by atoms with E-state index in [1.54, 1.807) is 0 Å². The first-order valence-corrected chi connectivity index (χ1v) is 8.56. The maximum atomic E-state index is 12.5. The molecule has 2 aliphatic rings. The van der Waals surface area contributed by atoms with E-state index in [0.717, 1.165) is 31.7 Å². The van der Waals surface area contributed by atoms with Crippen molar-refractivity contribution in [2.24, 2.45) is 5.92 Å². The highest BCUT2D eigenvalue weighted by Gasteiger charge is 2.31. The zero-order valence-electron chi connectivity index (χ0n) is 13.4. The van der Waals surface area contributed by atoms with Crippen molar-refractivity contribution in [2.45, 2.75) is 64.0 Å². The lowest BCUT2D eigenvalue weighted by molar-refractivity contribution is -0.133. The van der Waals surface area contributed by atoms with Gasteiger partial charge in [0, 0.05) is 12.6 Å². The Morgan fingerprint density at radius 2 is 1.96 bits per heavy atom. The highest BCUT2D eigenvalue weighted by molar-refractivity contribution is 5.84. The largest absolute Gasteiger partial charge is 0.476 e. The Morgan fingerprint density at radius 3 is 2.65 bits per heavy atom. The first-order valence-electron chi connectivity index (χ1n) is 8.56. The topological polar surface area (TPSA) is 88.3 Å². The summed E-state index contributed by atoms with van der Waals surface area (Å²) in [6, 6.07) is 0.341. The van der Waals surface area contributed by atoms with Gasteiger partial charge in [0.1, 0.15) is 6.54 Å². The highest BCUT2D eigenvalue weighted by atomic mass is 16.4. The van der Waals surface area contributed by atoms with Crippen LogP contribution in [0.15, 0.2) is 6.20 Å². The molecule has 0 bridgehead atoms. The number of carboxylic acid groups (broad SMARTS) is 1. The van der Waals surface area contributed by atoms with Crippen LogP contribution >= 0.6 is 0 Å². The second-order valence-corrected chi connectivity index (χ2v) is 6.73. The summed E-state index contributed by atoms with van der Waals surface area (Å²) in [5.41, 5.74) is -0.127. The fraction of sp³-hybridized carbons (Fsp3) is 0.750. The van der Waals surface area contributed by atoms with Crippen LogP contribution in [0.2, 0.25) is 0 Å². The average Bonchev–Trinajstić information content (AvgIpc) is 3.17. The molecule has 1 saturated carbocycles. The maximum absolute atomic E-state index is 12.5. The van der Waals surface area contributed by atoms with Crippen molar-refractivity contribution in [3.63, 3.8) is 0 Å². The highest BCUT2D eigenvalue weighted by Crippen LogP contribution is 2.32. The summed E-state index contributed by atoms with van der Waals surface area (Å²) in [6.07, 6.45) is 11.1. The van der Waals surface area contributed by atoms with E-state index in [0.29, 0.717) is 6.04 Å². The number of hydrogen-bond donors (Lipinski definition) is 1. The number of hydrogen-bond acceptors (Lipinski definition) is 4. The predicted octanol–water partition coefficient (Wildman–Crippen LogP) is 1.94. The van der Waals surface area contributed by atoms with Crippen molar-refractivity contribution in [1.82, 2.24) is 19.9 Å². The summed E-state index contributed by atoms with van der Waals surface area (Å²) < 4.78 is 1.32. The summed E-state index contributed by atoms with van der Waals surface area (Å²) in [6.45, 7) is 0.873. The molecule has 1 aromatic heterocycles. The summed E-state index contributed by atoms with van der Waals surface area (Å²) in [5.74, 6) is -0.350. The van der Waals surface area contributed by atoms with Crippen LogP contribution in [-0.2, 0) is 11.3 Å². The molecular weight excluding hydrogens is 296 g/mol. The third-order valence-electron chi connectivity index (χ3n) is 5.08. The van der Waals surface area contributed by atoms with Crippen LogP contribution in [0.5, 0.6) is 0 Å². The molecule has 0 aromatic carbocycles. The molecule has 2 heterocycles. The van der Waals surface area contributed by atoms with Gasteiger partial charge >= 0.3 is 5.97 Å². The van der Waals surface area contributed by atoms with Gasteiger partial charge in [-0.3, -0.25) is 4.79 Å². The Morgan fingerprint density at radius 1 is 1.17 bits per heavy atom. The second kappa shape index (κ2) is 7.10. The average molecular weight is 320 g/mol. The minimum atomic E-state index is -1.12. The molecule has 1 aliphatic heterocycles. The zero-order chi connectivity index (χ0) is 16.2. The first kappa shape index (κ1) is 16.0. The number of aromatic carboxylic acids is 1. The molecule has 1 N–H and O–H groups in total. The third-order valence-corrected chi connectivity index (χ3v) is 5.08. The Labute approximate surface area is 135 Å². The van der Waals surface area contributed by atoms with E-state index >= 15 is 0 Å². The van der Waals surface area contributed by atoms with Crippen molar-refractivity contribution >= 4 is 11.9 Å². The number of carbonyl (C=O) groups is 2. The molecule has 1 aromatic rings. The number of amides is 1. The van der Waals surface area contributed by atoms with Gasteiger partial charge in [-0.15, -0.1) is 5.10 Å². The number of nitrogens with zero attached hydrogens (tertiary/aromatic N) is 4. The molecule has 0 radical (unpaired) electrons. The van der Waals surface area contributed by atoms with Crippen molar-refractivity contribution < 1.29 is 14.7 Å². The molecule has 7 heteroatoms. The monoisotopic (exact) mass is 320 g/mol. The van der Waals surface area contributed by atoms with Gasteiger partial charge in [0.05, 0.1) is 6.20 Å². The minimum Gasteiger partial charge on any atom is -0.476 e. The fourth-order valence-electron chi connectivity index (χ4n) is 3.92. The molecular formula is C16H24N4O3. The van der Waals surface area contributed by atoms with Gasteiger partial charge in [-0.2, -0.15) is 0 Å². The lowest BCUT2D eigenvalue weighted by Gasteiger charge is -2.30. The van der Waals surface area contributed by atoms with E-state index in [-0.39, 0.29) is 18.1 Å². The summed E-state index contributed by atoms with van der Waals surface area (Å²) in [7, 11) is 0. The van der Waals surface area contributed by atoms with Crippen molar-refractivity contribution in [2.75, 3.05) is 6.54 Å². The molecule has 1 unspecified atom stereocenters.